The number of hydrogen-bond acceptors (Lipinski definition) is 7. The number of carbonyl (C=O) groups excluding carboxylic acids is 2. The van der Waals surface area contributed by atoms with Crippen LogP contribution in [0.3, 0.4) is 0 Å². The number of aliphatic hydroxyl groups excluding tert-OH is 1. The van der Waals surface area contributed by atoms with Crippen LogP contribution in [0.15, 0.2) is 60.0 Å². The zero-order valence-electron chi connectivity index (χ0n) is 15.8. The molecule has 0 aliphatic rings. The molecule has 1 atom stereocenters. The first-order valence-corrected chi connectivity index (χ1v) is 9.93. The number of thiazole rings is 1. The first kappa shape index (κ1) is 20.5. The highest BCUT2D eigenvalue weighted by molar-refractivity contribution is 7.14. The average Bonchev–Trinajstić information content (AvgIpc) is 3.21. The maximum absolute atomic E-state index is 12.5. The highest BCUT2D eigenvalue weighted by Crippen LogP contribution is 2.25. The largest absolute Gasteiger partial charge is 0.449 e. The van der Waals surface area contributed by atoms with Gasteiger partial charge in [-0.3, -0.25) is 10.1 Å². The highest BCUT2D eigenvalue weighted by Gasteiger charge is 2.21. The van der Waals surface area contributed by atoms with Gasteiger partial charge in [-0.25, -0.2) is 9.78 Å². The van der Waals surface area contributed by atoms with Gasteiger partial charge in [0.1, 0.15) is 0 Å². The molecule has 1 aromatic heterocycles. The number of esters is 1. The molecule has 0 fully saturated rings. The van der Waals surface area contributed by atoms with Gasteiger partial charge in [-0.2, -0.15) is 0 Å². The number of nitrogens with zero attached hydrogens (tertiary/aromatic N) is 1. The van der Waals surface area contributed by atoms with E-state index in [0.717, 1.165) is 11.3 Å². The Bertz CT molecular complexity index is 975. The van der Waals surface area contributed by atoms with Gasteiger partial charge in [0.2, 0.25) is 0 Å². The molecule has 150 valence electrons. The molecule has 2 aromatic carbocycles. The summed E-state index contributed by atoms with van der Waals surface area (Å²) in [6, 6.07) is 16.4. The minimum Gasteiger partial charge on any atom is -0.449 e. The van der Waals surface area contributed by atoms with Crippen LogP contribution in [0.2, 0.25) is 0 Å². The van der Waals surface area contributed by atoms with Crippen molar-refractivity contribution in [1.29, 1.82) is 0 Å². The van der Waals surface area contributed by atoms with Crippen molar-refractivity contribution < 1.29 is 19.4 Å². The molecular weight excluding hydrogens is 390 g/mol. The fourth-order valence-electron chi connectivity index (χ4n) is 2.56. The minimum atomic E-state index is -1.00. The van der Waals surface area contributed by atoms with E-state index in [-0.39, 0.29) is 6.61 Å². The first-order valence-electron chi connectivity index (χ1n) is 9.05. The number of hydrogen-bond donors (Lipinski definition) is 3. The van der Waals surface area contributed by atoms with E-state index >= 15 is 0 Å². The second kappa shape index (κ2) is 9.81. The Morgan fingerprint density at radius 1 is 1.14 bits per heavy atom. The lowest BCUT2D eigenvalue weighted by Gasteiger charge is -2.15. The number of benzene rings is 2. The molecule has 0 saturated heterocycles. The molecule has 29 heavy (non-hydrogen) atoms. The third kappa shape index (κ3) is 5.40. The van der Waals surface area contributed by atoms with Gasteiger partial charge in [0.05, 0.1) is 17.9 Å². The molecule has 3 N–H and O–H groups in total. The van der Waals surface area contributed by atoms with E-state index in [1.165, 1.54) is 18.3 Å². The molecule has 0 aliphatic heterocycles. The molecule has 0 saturated carbocycles. The molecule has 8 heteroatoms. The van der Waals surface area contributed by atoms with Gasteiger partial charge in [0, 0.05) is 23.2 Å². The predicted octanol–water partition coefficient (Wildman–Crippen LogP) is 3.40. The van der Waals surface area contributed by atoms with E-state index < -0.39 is 18.0 Å². The van der Waals surface area contributed by atoms with Crippen molar-refractivity contribution in [2.45, 2.75) is 13.0 Å². The molecule has 0 radical (unpaired) electrons. The number of nitrogens with one attached hydrogen (secondary N) is 2. The zero-order valence-corrected chi connectivity index (χ0v) is 16.6. The fourth-order valence-corrected chi connectivity index (χ4v) is 3.29. The summed E-state index contributed by atoms with van der Waals surface area (Å²) in [4.78, 5) is 29.3. The lowest BCUT2D eigenvalue weighted by molar-refractivity contribution is -0.123. The fraction of sp³-hybridized carbons (Fsp3) is 0.190. The van der Waals surface area contributed by atoms with E-state index in [9.17, 15) is 9.59 Å². The van der Waals surface area contributed by atoms with Crippen molar-refractivity contribution in [2.24, 2.45) is 0 Å². The number of rotatable bonds is 8. The van der Waals surface area contributed by atoms with Gasteiger partial charge < -0.3 is 15.2 Å². The second-order valence-corrected chi connectivity index (χ2v) is 6.99. The third-order valence-electron chi connectivity index (χ3n) is 4.03. The van der Waals surface area contributed by atoms with Crippen LogP contribution in [-0.4, -0.2) is 41.2 Å². The summed E-state index contributed by atoms with van der Waals surface area (Å²) in [5.41, 5.74) is 2.54. The normalized spacial score (nSPS) is 11.5. The van der Waals surface area contributed by atoms with Crippen molar-refractivity contribution in [3.05, 3.63) is 65.5 Å². The third-order valence-corrected chi connectivity index (χ3v) is 4.79. The van der Waals surface area contributed by atoms with Gasteiger partial charge in [0.15, 0.2) is 11.2 Å². The van der Waals surface area contributed by atoms with Crippen LogP contribution in [0, 0.1) is 0 Å². The number of amides is 1. The Morgan fingerprint density at radius 3 is 2.62 bits per heavy atom. The molecule has 1 heterocycles. The summed E-state index contributed by atoms with van der Waals surface area (Å²) in [5, 5.41) is 16.9. The molecule has 7 nitrogen and oxygen atoms in total. The maximum atomic E-state index is 12.5. The summed E-state index contributed by atoms with van der Waals surface area (Å²) in [7, 11) is 0. The Labute approximate surface area is 172 Å². The molecule has 1 amide bonds. The summed E-state index contributed by atoms with van der Waals surface area (Å²) in [5.74, 6) is -1.09. The molecule has 0 unspecified atom stereocenters. The molecule has 0 bridgehead atoms. The minimum absolute atomic E-state index is 0.0685. The Morgan fingerprint density at radius 2 is 1.86 bits per heavy atom. The Hall–Kier alpha value is -3.23. The van der Waals surface area contributed by atoms with E-state index in [4.69, 9.17) is 9.84 Å². The van der Waals surface area contributed by atoms with Gasteiger partial charge in [-0.1, -0.05) is 42.5 Å². The number of anilines is 2. The van der Waals surface area contributed by atoms with E-state index in [1.807, 2.05) is 35.7 Å². The van der Waals surface area contributed by atoms with Gasteiger partial charge >= 0.3 is 5.97 Å². The summed E-state index contributed by atoms with van der Waals surface area (Å²) in [6.07, 6.45) is -1.00. The van der Waals surface area contributed by atoms with Crippen LogP contribution in [0.1, 0.15) is 17.3 Å². The summed E-state index contributed by atoms with van der Waals surface area (Å²) < 4.78 is 5.31. The molecule has 0 spiro atoms. The van der Waals surface area contributed by atoms with Gasteiger partial charge in [-0.15, -0.1) is 11.3 Å². The summed E-state index contributed by atoms with van der Waals surface area (Å²) >= 11 is 1.30. The van der Waals surface area contributed by atoms with Crippen molar-refractivity contribution in [3.63, 3.8) is 0 Å². The van der Waals surface area contributed by atoms with Crippen LogP contribution in [-0.2, 0) is 9.53 Å². The average molecular weight is 411 g/mol. The Balaban J connectivity index is 1.61. The Kier molecular flexibility index (Phi) is 6.94. The van der Waals surface area contributed by atoms with Gasteiger partial charge in [0.25, 0.3) is 5.91 Å². The standard InChI is InChI=1S/C21H21N3O4S/c1-14(28-20(27)16-9-5-6-10-17(16)22-11-12-25)19(26)24-21-23-18(13-29-21)15-7-3-2-4-8-15/h2-10,13-14,22,25H,11-12H2,1H3,(H,23,24,26)/t14-/m0/s1. The number of para-hydroxylation sites is 1. The molecule has 3 rings (SSSR count). The van der Waals surface area contributed by atoms with Crippen molar-refractivity contribution in [1.82, 2.24) is 4.98 Å². The number of carbonyl (C=O) groups is 2. The SMILES string of the molecule is C[C@H](OC(=O)c1ccccc1NCCO)C(=O)Nc1nc(-c2ccccc2)cs1. The topological polar surface area (TPSA) is 101 Å². The van der Waals surface area contributed by atoms with Crippen molar-refractivity contribution in [3.8, 4) is 11.3 Å². The van der Waals surface area contributed by atoms with E-state index in [2.05, 4.69) is 15.6 Å². The van der Waals surface area contributed by atoms with Crippen LogP contribution < -0.4 is 10.6 Å². The zero-order chi connectivity index (χ0) is 20.6. The molecule has 0 aliphatic carbocycles. The van der Waals surface area contributed by atoms with E-state index in [1.54, 1.807) is 24.3 Å². The first-order chi connectivity index (χ1) is 14.1. The monoisotopic (exact) mass is 411 g/mol. The van der Waals surface area contributed by atoms with Crippen molar-refractivity contribution in [2.75, 3.05) is 23.8 Å². The molecular formula is C21H21N3O4S. The van der Waals surface area contributed by atoms with Crippen LogP contribution in [0.5, 0.6) is 0 Å². The number of aromatic nitrogens is 1. The number of ether oxygens (including phenoxy) is 1. The smallest absolute Gasteiger partial charge is 0.341 e. The number of aliphatic hydroxyl groups is 1. The lowest BCUT2D eigenvalue weighted by Crippen LogP contribution is -2.30. The van der Waals surface area contributed by atoms with E-state index in [0.29, 0.717) is 22.9 Å². The highest BCUT2D eigenvalue weighted by atomic mass is 32.1. The van der Waals surface area contributed by atoms with Crippen LogP contribution in [0.4, 0.5) is 10.8 Å². The molecule has 3 aromatic rings. The maximum Gasteiger partial charge on any atom is 0.341 e. The van der Waals surface area contributed by atoms with Gasteiger partial charge in [-0.05, 0) is 19.1 Å². The van der Waals surface area contributed by atoms with Crippen molar-refractivity contribution >= 4 is 34.0 Å². The second-order valence-electron chi connectivity index (χ2n) is 6.14. The summed E-state index contributed by atoms with van der Waals surface area (Å²) in [6.45, 7) is 1.73. The lowest BCUT2D eigenvalue weighted by atomic mass is 10.2. The van der Waals surface area contributed by atoms with Crippen LogP contribution in [0.25, 0.3) is 11.3 Å². The predicted molar refractivity (Wildman–Crippen MR) is 113 cm³/mol. The van der Waals surface area contributed by atoms with Crippen LogP contribution >= 0.6 is 11.3 Å². The quantitative estimate of drug-likeness (QED) is 0.491.